The summed E-state index contributed by atoms with van der Waals surface area (Å²) in [5, 5.41) is 8.51. The van der Waals surface area contributed by atoms with Crippen LogP contribution in [0.4, 0.5) is 0 Å². The molecule has 0 saturated heterocycles. The summed E-state index contributed by atoms with van der Waals surface area (Å²) in [6.07, 6.45) is 2.53. The number of benzene rings is 1. The summed E-state index contributed by atoms with van der Waals surface area (Å²) in [5.74, 6) is 1.54. The van der Waals surface area contributed by atoms with Gasteiger partial charge < -0.3 is 5.11 Å². The van der Waals surface area contributed by atoms with E-state index in [1.807, 2.05) is 18.2 Å². The number of hydrogen-bond donors (Lipinski definition) is 1. The minimum Gasteiger partial charge on any atom is -0.396 e. The fraction of sp³-hybridized carbons (Fsp3) is 0.538. The van der Waals surface area contributed by atoms with Gasteiger partial charge in [0, 0.05) is 6.61 Å². The van der Waals surface area contributed by atoms with Gasteiger partial charge >= 0.3 is 0 Å². The van der Waals surface area contributed by atoms with Crippen molar-refractivity contribution < 1.29 is 5.11 Å². The van der Waals surface area contributed by atoms with E-state index in [4.69, 9.17) is 5.11 Å². The van der Waals surface area contributed by atoms with Gasteiger partial charge in [0.1, 0.15) is 0 Å². The van der Waals surface area contributed by atoms with Crippen molar-refractivity contribution in [1.29, 1.82) is 0 Å². The van der Waals surface area contributed by atoms with Gasteiger partial charge in [0.15, 0.2) is 0 Å². The molecule has 1 nitrogen and oxygen atoms in total. The SMILES string of the molecule is CCC1CC1CO.Cc1ccccc1. The van der Waals surface area contributed by atoms with E-state index in [9.17, 15) is 0 Å². The molecule has 1 aliphatic carbocycles. The molecular weight excluding hydrogens is 172 g/mol. The normalized spacial score (nSPS) is 23.6. The average Bonchev–Trinajstić information content (AvgIpc) is 2.98. The van der Waals surface area contributed by atoms with Gasteiger partial charge in [0.2, 0.25) is 0 Å². The largest absolute Gasteiger partial charge is 0.396 e. The van der Waals surface area contributed by atoms with E-state index in [2.05, 4.69) is 26.0 Å². The monoisotopic (exact) mass is 192 g/mol. The zero-order valence-corrected chi connectivity index (χ0v) is 9.11. The maximum Gasteiger partial charge on any atom is 0.0462 e. The molecule has 1 aromatic carbocycles. The first kappa shape index (κ1) is 11.3. The zero-order chi connectivity index (χ0) is 10.4. The Bertz CT molecular complexity index is 235. The number of rotatable bonds is 2. The lowest BCUT2D eigenvalue weighted by molar-refractivity contribution is 0.268. The molecule has 2 unspecified atom stereocenters. The van der Waals surface area contributed by atoms with E-state index in [1.165, 1.54) is 18.4 Å². The molecule has 0 radical (unpaired) electrons. The lowest BCUT2D eigenvalue weighted by Crippen LogP contribution is -1.85. The van der Waals surface area contributed by atoms with Crippen molar-refractivity contribution in [1.82, 2.24) is 0 Å². The molecule has 2 atom stereocenters. The fourth-order valence-corrected chi connectivity index (χ4v) is 1.57. The van der Waals surface area contributed by atoms with Gasteiger partial charge in [-0.2, -0.15) is 0 Å². The minimum absolute atomic E-state index is 0.415. The minimum atomic E-state index is 0.415. The molecule has 0 aromatic heterocycles. The highest BCUT2D eigenvalue weighted by atomic mass is 16.3. The first-order valence-corrected chi connectivity index (χ1v) is 5.40. The average molecular weight is 192 g/mol. The van der Waals surface area contributed by atoms with Gasteiger partial charge in [-0.3, -0.25) is 0 Å². The maximum absolute atomic E-state index is 8.51. The van der Waals surface area contributed by atoms with Crippen molar-refractivity contribution in [3.05, 3.63) is 35.9 Å². The first-order chi connectivity index (χ1) is 6.77. The molecular formula is C13H20O. The van der Waals surface area contributed by atoms with Gasteiger partial charge in [0.05, 0.1) is 0 Å². The van der Waals surface area contributed by atoms with Crippen LogP contribution in [0.15, 0.2) is 30.3 Å². The summed E-state index contributed by atoms with van der Waals surface area (Å²) in [4.78, 5) is 0. The van der Waals surface area contributed by atoms with E-state index < -0.39 is 0 Å². The Morgan fingerprint density at radius 2 is 1.86 bits per heavy atom. The van der Waals surface area contributed by atoms with Crippen molar-refractivity contribution in [3.63, 3.8) is 0 Å². The van der Waals surface area contributed by atoms with E-state index in [0.29, 0.717) is 12.5 Å². The third kappa shape index (κ3) is 3.93. The third-order valence-corrected chi connectivity index (χ3v) is 2.77. The number of hydrogen-bond acceptors (Lipinski definition) is 1. The van der Waals surface area contributed by atoms with Gasteiger partial charge in [-0.15, -0.1) is 0 Å². The van der Waals surface area contributed by atoms with Crippen LogP contribution in [-0.4, -0.2) is 11.7 Å². The second-order valence-electron chi connectivity index (χ2n) is 4.00. The molecule has 2 rings (SSSR count). The van der Waals surface area contributed by atoms with Crippen LogP contribution in [0.2, 0.25) is 0 Å². The lowest BCUT2D eigenvalue weighted by Gasteiger charge is -1.85. The first-order valence-electron chi connectivity index (χ1n) is 5.40. The van der Waals surface area contributed by atoms with E-state index in [-0.39, 0.29) is 0 Å². The van der Waals surface area contributed by atoms with Gasteiger partial charge in [0.25, 0.3) is 0 Å². The van der Waals surface area contributed by atoms with E-state index in [0.717, 1.165) is 5.92 Å². The fourth-order valence-electron chi connectivity index (χ4n) is 1.57. The van der Waals surface area contributed by atoms with E-state index in [1.54, 1.807) is 0 Å². The molecule has 78 valence electrons. The molecule has 0 amide bonds. The van der Waals surface area contributed by atoms with Crippen LogP contribution in [-0.2, 0) is 0 Å². The van der Waals surface area contributed by atoms with Crippen LogP contribution in [0, 0.1) is 18.8 Å². The molecule has 14 heavy (non-hydrogen) atoms. The predicted octanol–water partition coefficient (Wildman–Crippen LogP) is 3.02. The highest BCUT2D eigenvalue weighted by Gasteiger charge is 2.33. The number of aliphatic hydroxyl groups excluding tert-OH is 1. The molecule has 1 fully saturated rings. The van der Waals surface area contributed by atoms with Crippen LogP contribution < -0.4 is 0 Å². The highest BCUT2D eigenvalue weighted by molar-refractivity contribution is 5.11. The van der Waals surface area contributed by atoms with Gasteiger partial charge in [-0.25, -0.2) is 0 Å². The molecule has 1 saturated carbocycles. The van der Waals surface area contributed by atoms with Crippen molar-refractivity contribution >= 4 is 0 Å². The van der Waals surface area contributed by atoms with Crippen molar-refractivity contribution in [2.45, 2.75) is 26.7 Å². The van der Waals surface area contributed by atoms with Gasteiger partial charge in [-0.1, -0.05) is 49.2 Å². The standard InChI is InChI=1S/C7H8.C6H12O/c1-7-5-3-2-4-6-7;1-2-5-3-6(5)4-7/h2-6H,1H3;5-7H,2-4H2,1H3. The molecule has 1 aromatic rings. The Hall–Kier alpha value is -0.820. The summed E-state index contributed by atoms with van der Waals surface area (Å²) in [5.41, 5.74) is 1.32. The second kappa shape index (κ2) is 5.82. The van der Waals surface area contributed by atoms with Crippen LogP contribution in [0.5, 0.6) is 0 Å². The summed E-state index contributed by atoms with van der Waals surface area (Å²) in [6, 6.07) is 10.3. The summed E-state index contributed by atoms with van der Waals surface area (Å²) < 4.78 is 0. The Morgan fingerprint density at radius 3 is 2.07 bits per heavy atom. The molecule has 1 aliphatic rings. The molecule has 0 bridgehead atoms. The predicted molar refractivity (Wildman–Crippen MR) is 60.2 cm³/mol. The Labute approximate surface area is 86.8 Å². The smallest absolute Gasteiger partial charge is 0.0462 e. The Balaban J connectivity index is 0.000000140. The van der Waals surface area contributed by atoms with Gasteiger partial charge in [-0.05, 0) is 25.2 Å². The summed E-state index contributed by atoms with van der Waals surface area (Å²) >= 11 is 0. The summed E-state index contributed by atoms with van der Waals surface area (Å²) in [7, 11) is 0. The number of aryl methyl sites for hydroxylation is 1. The van der Waals surface area contributed by atoms with Crippen molar-refractivity contribution in [2.75, 3.05) is 6.61 Å². The molecule has 0 aliphatic heterocycles. The zero-order valence-electron chi connectivity index (χ0n) is 9.11. The Kier molecular flexibility index (Phi) is 4.68. The van der Waals surface area contributed by atoms with Crippen LogP contribution in [0.25, 0.3) is 0 Å². The molecule has 1 heteroatoms. The number of aliphatic hydroxyl groups is 1. The van der Waals surface area contributed by atoms with Crippen molar-refractivity contribution in [2.24, 2.45) is 11.8 Å². The molecule has 1 N–H and O–H groups in total. The quantitative estimate of drug-likeness (QED) is 0.763. The van der Waals surface area contributed by atoms with Crippen LogP contribution >= 0.6 is 0 Å². The lowest BCUT2D eigenvalue weighted by atomic mass is 10.2. The highest BCUT2D eigenvalue weighted by Crippen LogP contribution is 2.39. The second-order valence-corrected chi connectivity index (χ2v) is 4.00. The van der Waals surface area contributed by atoms with Crippen LogP contribution in [0.3, 0.4) is 0 Å². The topological polar surface area (TPSA) is 20.2 Å². The van der Waals surface area contributed by atoms with Crippen molar-refractivity contribution in [3.8, 4) is 0 Å². The molecule has 0 spiro atoms. The Morgan fingerprint density at radius 1 is 1.21 bits per heavy atom. The summed E-state index contributed by atoms with van der Waals surface area (Å²) in [6.45, 7) is 4.68. The van der Waals surface area contributed by atoms with Crippen LogP contribution in [0.1, 0.15) is 25.3 Å². The third-order valence-electron chi connectivity index (χ3n) is 2.77. The molecule has 0 heterocycles. The van der Waals surface area contributed by atoms with E-state index >= 15 is 0 Å². The maximum atomic E-state index is 8.51.